The summed E-state index contributed by atoms with van der Waals surface area (Å²) in [6, 6.07) is 15.0. The van der Waals surface area contributed by atoms with Crippen LogP contribution >= 0.6 is 15.9 Å². The van der Waals surface area contributed by atoms with Crippen molar-refractivity contribution in [3.63, 3.8) is 0 Å². The van der Waals surface area contributed by atoms with E-state index in [1.165, 1.54) is 0 Å². The van der Waals surface area contributed by atoms with Crippen LogP contribution in [0.5, 0.6) is 0 Å². The average molecular weight is 401 g/mol. The van der Waals surface area contributed by atoms with Gasteiger partial charge in [-0.3, -0.25) is 14.5 Å². The molecule has 2 aliphatic rings. The highest BCUT2D eigenvalue weighted by Crippen LogP contribution is 2.31. The van der Waals surface area contributed by atoms with Crippen LogP contribution in [0.3, 0.4) is 0 Å². The zero-order chi connectivity index (χ0) is 17.4. The van der Waals surface area contributed by atoms with Crippen LogP contribution in [0.1, 0.15) is 18.0 Å². The lowest BCUT2D eigenvalue weighted by atomic mass is 10.0. The van der Waals surface area contributed by atoms with Crippen LogP contribution in [0.25, 0.3) is 0 Å². The number of carbonyl (C=O) groups excluding carboxylic acids is 2. The van der Waals surface area contributed by atoms with Gasteiger partial charge >= 0.3 is 0 Å². The number of nitrogens with one attached hydrogen (secondary N) is 3. The summed E-state index contributed by atoms with van der Waals surface area (Å²) in [5, 5.41) is 2.80. The van der Waals surface area contributed by atoms with Crippen LogP contribution in [-0.2, 0) is 9.59 Å². The third-order valence-electron chi connectivity index (χ3n) is 4.51. The van der Waals surface area contributed by atoms with Crippen molar-refractivity contribution in [1.82, 2.24) is 10.9 Å². The average Bonchev–Trinajstić information content (AvgIpc) is 3.11. The number of amides is 2. The lowest BCUT2D eigenvalue weighted by Gasteiger charge is -2.30. The summed E-state index contributed by atoms with van der Waals surface area (Å²) in [4.78, 5) is 26.5. The molecule has 2 amide bonds. The minimum Gasteiger partial charge on any atom is -0.323 e. The van der Waals surface area contributed by atoms with Crippen LogP contribution < -0.4 is 21.1 Å². The molecule has 2 aromatic rings. The number of fused-ring (bicyclic) bond motifs is 1. The van der Waals surface area contributed by atoms with Crippen LogP contribution in [0.4, 0.5) is 11.4 Å². The molecule has 2 atom stereocenters. The van der Waals surface area contributed by atoms with Gasteiger partial charge in [0.05, 0.1) is 11.4 Å². The van der Waals surface area contributed by atoms with E-state index in [4.69, 9.17) is 0 Å². The van der Waals surface area contributed by atoms with E-state index in [1.54, 1.807) is 11.0 Å². The lowest BCUT2D eigenvalue weighted by molar-refractivity contribution is -0.123. The highest BCUT2D eigenvalue weighted by Gasteiger charge is 2.36. The highest BCUT2D eigenvalue weighted by molar-refractivity contribution is 9.10. The lowest BCUT2D eigenvalue weighted by Crippen LogP contribution is -2.50. The summed E-state index contributed by atoms with van der Waals surface area (Å²) in [6.07, 6.45) is 0.626. The Morgan fingerprint density at radius 1 is 1.08 bits per heavy atom. The van der Waals surface area contributed by atoms with E-state index in [1.807, 2.05) is 42.5 Å². The Balaban J connectivity index is 1.52. The van der Waals surface area contributed by atoms with Crippen molar-refractivity contribution in [3.05, 3.63) is 58.6 Å². The largest absolute Gasteiger partial charge is 0.323 e. The highest BCUT2D eigenvalue weighted by atomic mass is 79.9. The maximum absolute atomic E-state index is 13.0. The first-order chi connectivity index (χ1) is 12.1. The predicted molar refractivity (Wildman–Crippen MR) is 99.0 cm³/mol. The normalized spacial score (nSPS) is 22.4. The standard InChI is InChI=1S/C18H17BrN4O2/c19-12-7-5-11(6-8-12)14-9-15(22-21-14)18(25)23-10-17(24)20-13-3-1-2-4-16(13)23/h1-8,14-15,21-22H,9-10H2,(H,20,24). The van der Waals surface area contributed by atoms with Gasteiger partial charge in [0.1, 0.15) is 12.6 Å². The van der Waals surface area contributed by atoms with Crippen molar-refractivity contribution in [2.24, 2.45) is 0 Å². The molecule has 2 unspecified atom stereocenters. The second-order valence-electron chi connectivity index (χ2n) is 6.17. The molecular weight excluding hydrogens is 384 g/mol. The molecule has 0 aromatic heterocycles. The van der Waals surface area contributed by atoms with Crippen LogP contribution in [0.2, 0.25) is 0 Å². The molecule has 0 spiro atoms. The number of carbonyl (C=O) groups is 2. The number of anilines is 2. The molecule has 1 saturated heterocycles. The first kappa shape index (κ1) is 16.3. The molecular formula is C18H17BrN4O2. The van der Waals surface area contributed by atoms with Gasteiger partial charge in [0.15, 0.2) is 0 Å². The molecule has 0 saturated carbocycles. The molecule has 0 radical (unpaired) electrons. The summed E-state index contributed by atoms with van der Waals surface area (Å²) in [5.74, 6) is -0.281. The van der Waals surface area contributed by atoms with Gasteiger partial charge in [-0.25, -0.2) is 10.9 Å². The van der Waals surface area contributed by atoms with Crippen molar-refractivity contribution in [2.45, 2.75) is 18.5 Å². The Morgan fingerprint density at radius 3 is 2.64 bits per heavy atom. The van der Waals surface area contributed by atoms with E-state index >= 15 is 0 Å². The SMILES string of the molecule is O=C1CN(C(=O)C2CC(c3ccc(Br)cc3)NN2)c2ccccc2N1. The van der Waals surface area contributed by atoms with Gasteiger partial charge in [-0.2, -0.15) is 0 Å². The molecule has 2 aromatic carbocycles. The Morgan fingerprint density at radius 2 is 1.84 bits per heavy atom. The zero-order valence-electron chi connectivity index (χ0n) is 13.3. The van der Waals surface area contributed by atoms with Crippen molar-refractivity contribution in [2.75, 3.05) is 16.8 Å². The van der Waals surface area contributed by atoms with Gasteiger partial charge in [0.2, 0.25) is 11.8 Å². The summed E-state index contributed by atoms with van der Waals surface area (Å²) in [7, 11) is 0. The fourth-order valence-electron chi connectivity index (χ4n) is 3.25. The fourth-order valence-corrected chi connectivity index (χ4v) is 3.51. The van der Waals surface area contributed by atoms with E-state index < -0.39 is 0 Å². The zero-order valence-corrected chi connectivity index (χ0v) is 14.9. The Kier molecular flexibility index (Phi) is 4.29. The summed E-state index contributed by atoms with van der Waals surface area (Å²) in [5.41, 5.74) is 8.78. The van der Waals surface area contributed by atoms with Gasteiger partial charge in [-0.1, -0.05) is 40.2 Å². The van der Waals surface area contributed by atoms with Crippen LogP contribution in [0, 0.1) is 0 Å². The van der Waals surface area contributed by atoms with E-state index in [-0.39, 0.29) is 30.4 Å². The Labute approximate surface area is 153 Å². The number of rotatable bonds is 2. The first-order valence-corrected chi connectivity index (χ1v) is 8.88. The van der Waals surface area contributed by atoms with Gasteiger partial charge in [0, 0.05) is 10.5 Å². The van der Waals surface area contributed by atoms with Crippen molar-refractivity contribution in [1.29, 1.82) is 0 Å². The van der Waals surface area contributed by atoms with Gasteiger partial charge in [-0.05, 0) is 36.2 Å². The molecule has 2 aliphatic heterocycles. The second kappa shape index (κ2) is 6.59. The minimum atomic E-state index is -0.382. The monoisotopic (exact) mass is 400 g/mol. The summed E-state index contributed by atoms with van der Waals surface area (Å²) >= 11 is 3.43. The number of halogens is 1. The third-order valence-corrected chi connectivity index (χ3v) is 5.04. The summed E-state index contributed by atoms with van der Waals surface area (Å²) < 4.78 is 1.02. The van der Waals surface area contributed by atoms with Crippen molar-refractivity contribution < 1.29 is 9.59 Å². The molecule has 6 nitrogen and oxygen atoms in total. The molecule has 1 fully saturated rings. The molecule has 128 valence electrons. The molecule has 2 heterocycles. The number of hydrogen-bond acceptors (Lipinski definition) is 4. The minimum absolute atomic E-state index is 0.0387. The van der Waals surface area contributed by atoms with E-state index in [9.17, 15) is 9.59 Å². The van der Waals surface area contributed by atoms with Crippen LogP contribution in [0.15, 0.2) is 53.0 Å². The van der Waals surface area contributed by atoms with Gasteiger partial charge in [-0.15, -0.1) is 0 Å². The first-order valence-electron chi connectivity index (χ1n) is 8.08. The smallest absolute Gasteiger partial charge is 0.246 e. The van der Waals surface area contributed by atoms with Gasteiger partial charge < -0.3 is 5.32 Å². The number of para-hydroxylation sites is 2. The molecule has 0 aliphatic carbocycles. The number of hydrogen-bond donors (Lipinski definition) is 3. The molecule has 25 heavy (non-hydrogen) atoms. The molecule has 0 bridgehead atoms. The number of benzene rings is 2. The quantitative estimate of drug-likeness (QED) is 0.723. The molecule has 7 heteroatoms. The molecule has 3 N–H and O–H groups in total. The topological polar surface area (TPSA) is 73.5 Å². The van der Waals surface area contributed by atoms with E-state index in [0.717, 1.165) is 15.7 Å². The third kappa shape index (κ3) is 3.18. The second-order valence-corrected chi connectivity index (χ2v) is 7.09. The number of nitrogens with zero attached hydrogens (tertiary/aromatic N) is 1. The Hall–Kier alpha value is -2.22. The van der Waals surface area contributed by atoms with Crippen LogP contribution in [-0.4, -0.2) is 24.4 Å². The van der Waals surface area contributed by atoms with Gasteiger partial charge in [0.25, 0.3) is 0 Å². The van der Waals surface area contributed by atoms with E-state index in [0.29, 0.717) is 12.1 Å². The number of hydrazine groups is 1. The fraction of sp³-hybridized carbons (Fsp3) is 0.222. The predicted octanol–water partition coefficient (Wildman–Crippen LogP) is 2.34. The van der Waals surface area contributed by atoms with E-state index in [2.05, 4.69) is 32.1 Å². The van der Waals surface area contributed by atoms with Crippen molar-refractivity contribution >= 4 is 39.1 Å². The summed E-state index contributed by atoms with van der Waals surface area (Å²) in [6.45, 7) is 0.0387. The van der Waals surface area contributed by atoms with Crippen molar-refractivity contribution in [3.8, 4) is 0 Å². The Bertz CT molecular complexity index is 824. The molecule has 4 rings (SSSR count). The maximum atomic E-state index is 13.0. The maximum Gasteiger partial charge on any atom is 0.246 e.